The summed E-state index contributed by atoms with van der Waals surface area (Å²) in [6.07, 6.45) is 1.58. The van der Waals surface area contributed by atoms with Crippen molar-refractivity contribution in [3.8, 4) is 5.75 Å². The molecule has 0 radical (unpaired) electrons. The Morgan fingerprint density at radius 3 is 2.26 bits per heavy atom. The lowest BCUT2D eigenvalue weighted by molar-refractivity contribution is -0.0675. The fourth-order valence-electron chi connectivity index (χ4n) is 1.56. The van der Waals surface area contributed by atoms with E-state index in [1.54, 1.807) is 21.3 Å². The first-order valence-electron chi connectivity index (χ1n) is 6.13. The molecular weight excluding hydrogens is 244 g/mol. The normalized spacial score (nSPS) is 11.9. The van der Waals surface area contributed by atoms with E-state index in [0.29, 0.717) is 13.2 Å². The minimum atomic E-state index is -0.315. The smallest absolute Gasteiger partial charge is 0.176 e. The van der Waals surface area contributed by atoms with Crippen LogP contribution in [0.1, 0.15) is 12.5 Å². The van der Waals surface area contributed by atoms with Crippen LogP contribution in [0.5, 0.6) is 5.75 Å². The zero-order chi connectivity index (χ0) is 14.1. The maximum atomic E-state index is 5.62. The topological polar surface area (TPSA) is 36.9 Å². The maximum Gasteiger partial charge on any atom is 0.176 e. The highest BCUT2D eigenvalue weighted by Gasteiger charge is 2.01. The number of methoxy groups -OCH3 is 3. The van der Waals surface area contributed by atoms with Crippen molar-refractivity contribution in [2.45, 2.75) is 19.8 Å². The third-order valence-corrected chi connectivity index (χ3v) is 2.64. The van der Waals surface area contributed by atoms with Gasteiger partial charge < -0.3 is 18.9 Å². The van der Waals surface area contributed by atoms with Crippen molar-refractivity contribution in [1.82, 2.24) is 0 Å². The van der Waals surface area contributed by atoms with Crippen LogP contribution in [-0.4, -0.2) is 34.2 Å². The SMILES string of the molecule is COc1ccc(COC/C(C)=C/C(OC)OC)cc1. The van der Waals surface area contributed by atoms with Gasteiger partial charge in [0.25, 0.3) is 0 Å². The van der Waals surface area contributed by atoms with Crippen molar-refractivity contribution < 1.29 is 18.9 Å². The van der Waals surface area contributed by atoms with E-state index in [2.05, 4.69) is 0 Å². The first-order valence-corrected chi connectivity index (χ1v) is 6.13. The Morgan fingerprint density at radius 2 is 1.74 bits per heavy atom. The van der Waals surface area contributed by atoms with Crippen molar-refractivity contribution in [3.05, 3.63) is 41.5 Å². The molecular formula is C15H22O4. The van der Waals surface area contributed by atoms with Crippen molar-refractivity contribution >= 4 is 0 Å². The summed E-state index contributed by atoms with van der Waals surface area (Å²) in [4.78, 5) is 0. The summed E-state index contributed by atoms with van der Waals surface area (Å²) in [5.74, 6) is 0.850. The van der Waals surface area contributed by atoms with E-state index in [1.807, 2.05) is 37.3 Å². The van der Waals surface area contributed by atoms with Crippen LogP contribution in [0.25, 0.3) is 0 Å². The Morgan fingerprint density at radius 1 is 1.11 bits per heavy atom. The second-order valence-electron chi connectivity index (χ2n) is 4.19. The minimum Gasteiger partial charge on any atom is -0.497 e. The van der Waals surface area contributed by atoms with Crippen molar-refractivity contribution in [2.75, 3.05) is 27.9 Å². The van der Waals surface area contributed by atoms with Gasteiger partial charge in [0.15, 0.2) is 6.29 Å². The average Bonchev–Trinajstić information content (AvgIpc) is 2.45. The highest BCUT2D eigenvalue weighted by atomic mass is 16.7. The maximum absolute atomic E-state index is 5.62. The molecule has 0 spiro atoms. The predicted octanol–water partition coefficient (Wildman–Crippen LogP) is 2.78. The molecule has 0 atom stereocenters. The molecule has 0 N–H and O–H groups in total. The van der Waals surface area contributed by atoms with Crippen molar-refractivity contribution in [2.24, 2.45) is 0 Å². The van der Waals surface area contributed by atoms with E-state index in [4.69, 9.17) is 18.9 Å². The summed E-state index contributed by atoms with van der Waals surface area (Å²) >= 11 is 0. The van der Waals surface area contributed by atoms with Crippen molar-refractivity contribution in [1.29, 1.82) is 0 Å². The molecule has 0 bridgehead atoms. The first-order chi connectivity index (χ1) is 9.19. The lowest BCUT2D eigenvalue weighted by Crippen LogP contribution is -2.10. The van der Waals surface area contributed by atoms with Gasteiger partial charge >= 0.3 is 0 Å². The van der Waals surface area contributed by atoms with Crippen LogP contribution in [0.15, 0.2) is 35.9 Å². The van der Waals surface area contributed by atoms with Crippen LogP contribution in [0.3, 0.4) is 0 Å². The van der Waals surface area contributed by atoms with E-state index in [1.165, 1.54) is 0 Å². The van der Waals surface area contributed by atoms with E-state index in [0.717, 1.165) is 16.9 Å². The number of benzene rings is 1. The third-order valence-electron chi connectivity index (χ3n) is 2.64. The van der Waals surface area contributed by atoms with Gasteiger partial charge in [-0.25, -0.2) is 0 Å². The van der Waals surface area contributed by atoms with Gasteiger partial charge in [0.05, 0.1) is 20.3 Å². The number of hydrogen-bond donors (Lipinski definition) is 0. The molecule has 0 amide bonds. The van der Waals surface area contributed by atoms with Crippen LogP contribution < -0.4 is 4.74 Å². The number of ether oxygens (including phenoxy) is 4. The summed E-state index contributed by atoms with van der Waals surface area (Å²) in [7, 11) is 4.87. The van der Waals surface area contributed by atoms with E-state index < -0.39 is 0 Å². The fourth-order valence-corrected chi connectivity index (χ4v) is 1.56. The van der Waals surface area contributed by atoms with Gasteiger partial charge in [-0.3, -0.25) is 0 Å². The lowest BCUT2D eigenvalue weighted by atomic mass is 10.2. The second-order valence-corrected chi connectivity index (χ2v) is 4.19. The monoisotopic (exact) mass is 266 g/mol. The molecule has 1 rings (SSSR count). The Labute approximate surface area is 114 Å². The zero-order valence-corrected chi connectivity index (χ0v) is 12.0. The summed E-state index contributed by atoms with van der Waals surface area (Å²) in [6, 6.07) is 7.83. The fraction of sp³-hybridized carbons (Fsp3) is 0.467. The molecule has 0 aromatic heterocycles. The van der Waals surface area contributed by atoms with Gasteiger partial charge in [-0.2, -0.15) is 0 Å². The number of hydrogen-bond acceptors (Lipinski definition) is 4. The third kappa shape index (κ3) is 5.87. The minimum absolute atomic E-state index is 0.315. The molecule has 19 heavy (non-hydrogen) atoms. The second kappa shape index (κ2) is 8.69. The Kier molecular flexibility index (Phi) is 7.18. The molecule has 0 fully saturated rings. The summed E-state index contributed by atoms with van der Waals surface area (Å²) in [6.45, 7) is 3.11. The Hall–Kier alpha value is -1.36. The zero-order valence-electron chi connectivity index (χ0n) is 12.0. The van der Waals surface area contributed by atoms with Crippen LogP contribution in [0.4, 0.5) is 0 Å². The van der Waals surface area contributed by atoms with Crippen molar-refractivity contribution in [3.63, 3.8) is 0 Å². The molecule has 4 nitrogen and oxygen atoms in total. The van der Waals surface area contributed by atoms with Crippen LogP contribution in [0.2, 0.25) is 0 Å². The average molecular weight is 266 g/mol. The van der Waals surface area contributed by atoms with Gasteiger partial charge in [-0.1, -0.05) is 12.1 Å². The summed E-state index contributed by atoms with van der Waals surface area (Å²) in [5.41, 5.74) is 2.19. The van der Waals surface area contributed by atoms with E-state index in [-0.39, 0.29) is 6.29 Å². The summed E-state index contributed by atoms with van der Waals surface area (Å²) in [5, 5.41) is 0. The van der Waals surface area contributed by atoms with Gasteiger partial charge in [-0.05, 0) is 36.3 Å². The number of rotatable bonds is 8. The largest absolute Gasteiger partial charge is 0.497 e. The molecule has 0 saturated carbocycles. The van der Waals surface area contributed by atoms with Crippen LogP contribution >= 0.6 is 0 Å². The molecule has 4 heteroatoms. The van der Waals surface area contributed by atoms with E-state index in [9.17, 15) is 0 Å². The summed E-state index contributed by atoms with van der Waals surface area (Å²) < 4.78 is 20.9. The van der Waals surface area contributed by atoms with Crippen LogP contribution in [-0.2, 0) is 20.8 Å². The van der Waals surface area contributed by atoms with Gasteiger partial charge in [-0.15, -0.1) is 0 Å². The first kappa shape index (κ1) is 15.7. The highest BCUT2D eigenvalue weighted by molar-refractivity contribution is 5.26. The quantitative estimate of drug-likeness (QED) is 0.535. The van der Waals surface area contributed by atoms with Gasteiger partial charge in [0, 0.05) is 14.2 Å². The molecule has 0 aliphatic heterocycles. The Bertz CT molecular complexity index is 380. The van der Waals surface area contributed by atoms with Gasteiger partial charge in [0.2, 0.25) is 0 Å². The molecule has 1 aromatic rings. The standard InChI is InChI=1S/C15H22O4/c1-12(9-15(17-3)18-4)10-19-11-13-5-7-14(16-2)8-6-13/h5-9,15H,10-11H2,1-4H3/b12-9+. The molecule has 0 saturated heterocycles. The molecule has 0 aliphatic carbocycles. The Balaban J connectivity index is 2.36. The molecule has 0 aliphatic rings. The molecule has 0 unspecified atom stereocenters. The molecule has 1 aromatic carbocycles. The molecule has 106 valence electrons. The van der Waals surface area contributed by atoms with E-state index >= 15 is 0 Å². The molecule has 0 heterocycles. The lowest BCUT2D eigenvalue weighted by Gasteiger charge is -2.11. The predicted molar refractivity (Wildman–Crippen MR) is 74.2 cm³/mol. The highest BCUT2D eigenvalue weighted by Crippen LogP contribution is 2.12. The van der Waals surface area contributed by atoms with Crippen LogP contribution in [0, 0.1) is 0 Å². The van der Waals surface area contributed by atoms with Gasteiger partial charge in [0.1, 0.15) is 5.75 Å².